The van der Waals surface area contributed by atoms with Gasteiger partial charge < -0.3 is 14.5 Å². The van der Waals surface area contributed by atoms with Gasteiger partial charge in [0.05, 0.1) is 18.2 Å². The monoisotopic (exact) mass is 325 g/mol. The first-order valence-corrected chi connectivity index (χ1v) is 7.82. The van der Waals surface area contributed by atoms with Crippen LogP contribution in [0.3, 0.4) is 0 Å². The lowest BCUT2D eigenvalue weighted by molar-refractivity contribution is 0.0533. The van der Waals surface area contributed by atoms with Gasteiger partial charge in [0.2, 0.25) is 0 Å². The minimum atomic E-state index is -0.0686. The van der Waals surface area contributed by atoms with Gasteiger partial charge in [-0.3, -0.25) is 14.6 Å². The van der Waals surface area contributed by atoms with E-state index in [1.165, 1.54) is 0 Å². The van der Waals surface area contributed by atoms with Crippen molar-refractivity contribution in [2.45, 2.75) is 0 Å². The molecule has 6 heteroatoms. The molecule has 0 radical (unpaired) electrons. The predicted octanol–water partition coefficient (Wildman–Crippen LogP) is 1.69. The number of carbonyl (C=O) groups is 2. The minimum Gasteiger partial charge on any atom is -0.496 e. The fraction of sp³-hybridized carbons (Fsp3) is 0.278. The van der Waals surface area contributed by atoms with Crippen LogP contribution >= 0.6 is 0 Å². The van der Waals surface area contributed by atoms with Crippen LogP contribution in [0.5, 0.6) is 5.75 Å². The predicted molar refractivity (Wildman–Crippen MR) is 89.0 cm³/mol. The number of ether oxygens (including phenoxy) is 1. The van der Waals surface area contributed by atoms with Crippen LogP contribution in [0.25, 0.3) is 0 Å². The number of piperazine rings is 1. The number of rotatable bonds is 3. The Bertz CT molecular complexity index is 725. The summed E-state index contributed by atoms with van der Waals surface area (Å²) >= 11 is 0. The van der Waals surface area contributed by atoms with Gasteiger partial charge >= 0.3 is 0 Å². The van der Waals surface area contributed by atoms with Gasteiger partial charge in [-0.25, -0.2) is 0 Å². The van der Waals surface area contributed by atoms with Gasteiger partial charge in [0.1, 0.15) is 5.75 Å². The molecule has 1 aliphatic heterocycles. The average Bonchev–Trinajstić information content (AvgIpc) is 2.67. The van der Waals surface area contributed by atoms with E-state index in [9.17, 15) is 9.59 Å². The van der Waals surface area contributed by atoms with E-state index in [0.717, 1.165) is 0 Å². The number of hydrogen-bond donors (Lipinski definition) is 0. The number of pyridine rings is 1. The lowest BCUT2D eigenvalue weighted by Crippen LogP contribution is -2.50. The summed E-state index contributed by atoms with van der Waals surface area (Å²) in [4.78, 5) is 32.6. The lowest BCUT2D eigenvalue weighted by Gasteiger charge is -2.35. The summed E-state index contributed by atoms with van der Waals surface area (Å²) in [5, 5.41) is 0. The van der Waals surface area contributed by atoms with Gasteiger partial charge in [-0.05, 0) is 24.3 Å². The van der Waals surface area contributed by atoms with Crippen molar-refractivity contribution < 1.29 is 14.3 Å². The first kappa shape index (κ1) is 16.0. The fourth-order valence-corrected chi connectivity index (χ4v) is 2.78. The maximum atomic E-state index is 12.7. The zero-order valence-corrected chi connectivity index (χ0v) is 13.5. The molecule has 0 aliphatic carbocycles. The van der Waals surface area contributed by atoms with Crippen LogP contribution in [-0.2, 0) is 0 Å². The van der Waals surface area contributed by atoms with Crippen LogP contribution in [0.1, 0.15) is 20.7 Å². The molecule has 124 valence electrons. The molecule has 0 bridgehead atoms. The topological polar surface area (TPSA) is 62.7 Å². The molecule has 0 spiro atoms. The van der Waals surface area contributed by atoms with Crippen LogP contribution in [-0.4, -0.2) is 59.9 Å². The first-order chi connectivity index (χ1) is 11.7. The molecule has 3 rings (SSSR count). The Labute approximate surface area is 140 Å². The molecule has 0 unspecified atom stereocenters. The summed E-state index contributed by atoms with van der Waals surface area (Å²) in [6.07, 6.45) is 3.20. The average molecular weight is 325 g/mol. The van der Waals surface area contributed by atoms with Crippen molar-refractivity contribution >= 4 is 11.8 Å². The molecule has 0 saturated carbocycles. The highest BCUT2D eigenvalue weighted by atomic mass is 16.5. The highest BCUT2D eigenvalue weighted by Crippen LogP contribution is 2.20. The molecule has 2 aromatic rings. The van der Waals surface area contributed by atoms with Crippen molar-refractivity contribution in [1.82, 2.24) is 14.8 Å². The van der Waals surface area contributed by atoms with Gasteiger partial charge in [-0.15, -0.1) is 0 Å². The number of carbonyl (C=O) groups excluding carboxylic acids is 2. The van der Waals surface area contributed by atoms with Crippen LogP contribution < -0.4 is 4.74 Å². The fourth-order valence-electron chi connectivity index (χ4n) is 2.78. The van der Waals surface area contributed by atoms with E-state index in [1.807, 2.05) is 12.1 Å². The van der Waals surface area contributed by atoms with Gasteiger partial charge in [0, 0.05) is 38.6 Å². The number of aromatic nitrogens is 1. The Morgan fingerprint density at radius 3 is 2.25 bits per heavy atom. The summed E-state index contributed by atoms with van der Waals surface area (Å²) in [7, 11) is 1.55. The third-order valence-electron chi connectivity index (χ3n) is 4.10. The van der Waals surface area contributed by atoms with E-state index in [4.69, 9.17) is 4.74 Å². The molecular formula is C18H19N3O3. The number of amides is 2. The molecule has 1 aliphatic rings. The van der Waals surface area contributed by atoms with E-state index in [-0.39, 0.29) is 11.8 Å². The molecule has 1 aromatic heterocycles. The van der Waals surface area contributed by atoms with Gasteiger partial charge in [-0.1, -0.05) is 12.1 Å². The Hall–Kier alpha value is -2.89. The van der Waals surface area contributed by atoms with Crippen LogP contribution in [0, 0.1) is 0 Å². The number of hydrogen-bond acceptors (Lipinski definition) is 4. The Morgan fingerprint density at radius 2 is 1.62 bits per heavy atom. The quantitative estimate of drug-likeness (QED) is 0.861. The van der Waals surface area contributed by atoms with E-state index in [0.29, 0.717) is 43.1 Å². The Balaban J connectivity index is 1.65. The van der Waals surface area contributed by atoms with Crippen LogP contribution in [0.4, 0.5) is 0 Å². The molecule has 1 fully saturated rings. The summed E-state index contributed by atoms with van der Waals surface area (Å²) in [5.74, 6) is 0.449. The maximum absolute atomic E-state index is 12.7. The SMILES string of the molecule is COc1ccccc1C(=O)N1CCN(C(=O)c2cccnc2)CC1. The molecule has 0 atom stereocenters. The third kappa shape index (κ3) is 3.22. The minimum absolute atomic E-state index is 0.0486. The van der Waals surface area contributed by atoms with Crippen LogP contribution in [0.15, 0.2) is 48.8 Å². The number of nitrogens with zero attached hydrogens (tertiary/aromatic N) is 3. The van der Waals surface area contributed by atoms with Crippen molar-refractivity contribution in [3.63, 3.8) is 0 Å². The lowest BCUT2D eigenvalue weighted by atomic mass is 10.1. The second-order valence-electron chi connectivity index (χ2n) is 5.53. The Morgan fingerprint density at radius 1 is 0.958 bits per heavy atom. The highest BCUT2D eigenvalue weighted by Gasteiger charge is 2.26. The molecule has 2 amide bonds. The molecule has 24 heavy (non-hydrogen) atoms. The zero-order chi connectivity index (χ0) is 16.9. The molecule has 2 heterocycles. The molecule has 1 aromatic carbocycles. The number of methoxy groups -OCH3 is 1. The highest BCUT2D eigenvalue weighted by molar-refractivity contribution is 5.97. The van der Waals surface area contributed by atoms with Crippen molar-refractivity contribution in [2.75, 3.05) is 33.3 Å². The van der Waals surface area contributed by atoms with Crippen molar-refractivity contribution in [3.05, 3.63) is 59.9 Å². The molecule has 0 N–H and O–H groups in total. The molecular weight excluding hydrogens is 306 g/mol. The van der Waals surface area contributed by atoms with E-state index < -0.39 is 0 Å². The maximum Gasteiger partial charge on any atom is 0.257 e. The van der Waals surface area contributed by atoms with Crippen molar-refractivity contribution in [1.29, 1.82) is 0 Å². The normalized spacial score (nSPS) is 14.4. The number of para-hydroxylation sites is 1. The Kier molecular flexibility index (Phi) is 4.74. The second-order valence-corrected chi connectivity index (χ2v) is 5.53. The summed E-state index contributed by atoms with van der Waals surface area (Å²) in [6.45, 7) is 2.02. The smallest absolute Gasteiger partial charge is 0.257 e. The van der Waals surface area contributed by atoms with Gasteiger partial charge in [0.15, 0.2) is 0 Å². The summed E-state index contributed by atoms with van der Waals surface area (Å²) < 4.78 is 5.26. The van der Waals surface area contributed by atoms with E-state index in [2.05, 4.69) is 4.98 Å². The van der Waals surface area contributed by atoms with Crippen LogP contribution in [0.2, 0.25) is 0 Å². The number of benzene rings is 1. The largest absolute Gasteiger partial charge is 0.496 e. The third-order valence-corrected chi connectivity index (χ3v) is 4.10. The molecule has 1 saturated heterocycles. The second kappa shape index (κ2) is 7.12. The first-order valence-electron chi connectivity index (χ1n) is 7.82. The van der Waals surface area contributed by atoms with E-state index in [1.54, 1.807) is 53.6 Å². The van der Waals surface area contributed by atoms with E-state index >= 15 is 0 Å². The molecule has 6 nitrogen and oxygen atoms in total. The van der Waals surface area contributed by atoms with Crippen molar-refractivity contribution in [3.8, 4) is 5.75 Å². The van der Waals surface area contributed by atoms with Crippen molar-refractivity contribution in [2.24, 2.45) is 0 Å². The zero-order valence-electron chi connectivity index (χ0n) is 13.5. The summed E-state index contributed by atoms with van der Waals surface area (Å²) in [5.41, 5.74) is 1.12. The van der Waals surface area contributed by atoms with Gasteiger partial charge in [0.25, 0.3) is 11.8 Å². The summed E-state index contributed by atoms with van der Waals surface area (Å²) in [6, 6.07) is 10.7. The van der Waals surface area contributed by atoms with Gasteiger partial charge in [-0.2, -0.15) is 0 Å². The standard InChI is InChI=1S/C18H19N3O3/c1-24-16-7-3-2-6-15(16)18(23)21-11-9-20(10-12-21)17(22)14-5-4-8-19-13-14/h2-8,13H,9-12H2,1H3.